The van der Waals surface area contributed by atoms with Crippen molar-refractivity contribution in [2.45, 2.75) is 18.7 Å². The average Bonchev–Trinajstić information content (AvgIpc) is 2.44. The van der Waals surface area contributed by atoms with Crippen LogP contribution in [0.25, 0.3) is 0 Å². The minimum atomic E-state index is -4.82. The van der Waals surface area contributed by atoms with Gasteiger partial charge >= 0.3 is 12.4 Å². The third-order valence-corrected chi connectivity index (χ3v) is 3.03. The van der Waals surface area contributed by atoms with Gasteiger partial charge in [0.15, 0.2) is 7.28 Å². The summed E-state index contributed by atoms with van der Waals surface area (Å²) in [5.74, 6) is 0. The van der Waals surface area contributed by atoms with Gasteiger partial charge < -0.3 is 0 Å². The van der Waals surface area contributed by atoms with Gasteiger partial charge in [-0.1, -0.05) is 53.5 Å². The van der Waals surface area contributed by atoms with Gasteiger partial charge in [0.05, 0.1) is 11.1 Å². The van der Waals surface area contributed by atoms with Crippen LogP contribution in [0.5, 0.6) is 0 Å². The highest BCUT2D eigenvalue weighted by atomic mass is 19.4. The normalized spacial score (nSPS) is 12.3. The molecule has 0 aromatic heterocycles. The molecular weight excluding hydrogens is 305 g/mol. The van der Waals surface area contributed by atoms with Crippen molar-refractivity contribution in [2.24, 2.45) is 0 Å². The van der Waals surface area contributed by atoms with E-state index < -0.39 is 23.5 Å². The lowest BCUT2D eigenvalue weighted by atomic mass is 9.64. The molecule has 0 N–H and O–H groups in total. The van der Waals surface area contributed by atoms with Crippen LogP contribution < -0.4 is 5.46 Å². The molecule has 0 aliphatic heterocycles. The van der Waals surface area contributed by atoms with Crippen LogP contribution in [-0.4, -0.2) is 7.28 Å². The molecule has 0 nitrogen and oxygen atoms in total. The van der Waals surface area contributed by atoms with Crippen molar-refractivity contribution in [3.63, 3.8) is 0 Å². The Hall–Kier alpha value is -1.92. The molecule has 0 saturated heterocycles. The quantitative estimate of drug-likeness (QED) is 0.587. The van der Waals surface area contributed by atoms with Crippen molar-refractivity contribution in [1.82, 2.24) is 0 Å². The molecule has 1 radical (unpaired) electrons. The lowest BCUT2D eigenvalue weighted by Crippen LogP contribution is -2.23. The fraction of sp³-hybridized carbons (Fsp3) is 0.200. The molecule has 2 rings (SSSR count). The van der Waals surface area contributed by atoms with Crippen LogP contribution in [0.4, 0.5) is 26.3 Å². The van der Waals surface area contributed by atoms with Gasteiger partial charge in [0.2, 0.25) is 0 Å². The Morgan fingerprint density at radius 1 is 0.727 bits per heavy atom. The molecule has 22 heavy (non-hydrogen) atoms. The number of hydrogen-bond donors (Lipinski definition) is 0. The third kappa shape index (κ3) is 4.29. The molecule has 2 aromatic rings. The molecule has 0 atom stereocenters. The van der Waals surface area contributed by atoms with Crippen LogP contribution in [0.3, 0.4) is 0 Å². The molecule has 0 saturated carbocycles. The van der Waals surface area contributed by atoms with Crippen LogP contribution in [0.1, 0.15) is 16.7 Å². The zero-order chi connectivity index (χ0) is 16.4. The summed E-state index contributed by atoms with van der Waals surface area (Å²) in [6.07, 6.45) is -9.40. The summed E-state index contributed by atoms with van der Waals surface area (Å²) in [6, 6.07) is 10.3. The van der Waals surface area contributed by atoms with Crippen molar-refractivity contribution < 1.29 is 26.3 Å². The maximum atomic E-state index is 12.7. The van der Waals surface area contributed by atoms with Crippen molar-refractivity contribution in [2.75, 3.05) is 0 Å². The van der Waals surface area contributed by atoms with Crippen molar-refractivity contribution in [3.8, 4) is 0 Å². The molecule has 0 bridgehead atoms. The summed E-state index contributed by atoms with van der Waals surface area (Å²) in [7, 11) is 1.35. The summed E-state index contributed by atoms with van der Waals surface area (Å²) in [5.41, 5.74) is -1.91. The Labute approximate surface area is 124 Å². The molecule has 2 aromatic carbocycles. The van der Waals surface area contributed by atoms with E-state index in [9.17, 15) is 26.3 Å². The van der Waals surface area contributed by atoms with E-state index in [2.05, 4.69) is 0 Å². The fourth-order valence-corrected chi connectivity index (χ4v) is 1.95. The topological polar surface area (TPSA) is 0 Å². The number of hydrogen-bond acceptors (Lipinski definition) is 0. The SMILES string of the molecule is FC(F)(F)c1cc([B]Cc2ccccc2)cc(C(F)(F)F)c1. The van der Waals surface area contributed by atoms with Crippen molar-refractivity contribution in [3.05, 3.63) is 65.2 Å². The van der Waals surface area contributed by atoms with Gasteiger partial charge in [-0.2, -0.15) is 26.3 Å². The first-order chi connectivity index (χ1) is 10.2. The van der Waals surface area contributed by atoms with E-state index in [1.165, 1.54) is 7.28 Å². The number of rotatable bonds is 3. The first kappa shape index (κ1) is 16.5. The van der Waals surface area contributed by atoms with E-state index in [1.807, 2.05) is 0 Å². The summed E-state index contributed by atoms with van der Waals surface area (Å²) in [6.45, 7) is 0. The summed E-state index contributed by atoms with van der Waals surface area (Å²) in [5, 5.41) is 0. The van der Waals surface area contributed by atoms with Gasteiger partial charge in [-0.05, 0) is 12.4 Å². The van der Waals surface area contributed by atoms with Crippen molar-refractivity contribution >= 4 is 12.7 Å². The summed E-state index contributed by atoms with van der Waals surface area (Å²) in [4.78, 5) is 0. The lowest BCUT2D eigenvalue weighted by molar-refractivity contribution is -0.142. The van der Waals surface area contributed by atoms with E-state index in [-0.39, 0.29) is 17.8 Å². The minimum absolute atomic E-state index is 0.106. The predicted octanol–water partition coefficient (Wildman–Crippen LogP) is 4.25. The first-order valence-corrected chi connectivity index (χ1v) is 6.33. The minimum Gasteiger partial charge on any atom is -0.166 e. The number of halogens is 6. The van der Waals surface area contributed by atoms with E-state index in [0.717, 1.165) is 17.7 Å². The maximum absolute atomic E-state index is 12.7. The number of benzene rings is 2. The molecule has 0 heterocycles. The van der Waals surface area contributed by atoms with Crippen LogP contribution in [0.2, 0.25) is 0 Å². The molecular formula is C15H10BF6. The van der Waals surface area contributed by atoms with E-state index >= 15 is 0 Å². The van der Waals surface area contributed by atoms with E-state index in [4.69, 9.17) is 0 Å². The Balaban J connectivity index is 2.30. The molecule has 7 heteroatoms. The van der Waals surface area contributed by atoms with Gasteiger partial charge in [-0.15, -0.1) is 0 Å². The van der Waals surface area contributed by atoms with Crippen LogP contribution >= 0.6 is 0 Å². The van der Waals surface area contributed by atoms with Crippen molar-refractivity contribution in [1.29, 1.82) is 0 Å². The molecule has 115 valence electrons. The molecule has 0 fully saturated rings. The average molecular weight is 315 g/mol. The monoisotopic (exact) mass is 315 g/mol. The first-order valence-electron chi connectivity index (χ1n) is 6.33. The second kappa shape index (κ2) is 6.06. The van der Waals surface area contributed by atoms with Crippen LogP contribution in [0, 0.1) is 0 Å². The Morgan fingerprint density at radius 3 is 1.68 bits per heavy atom. The Kier molecular flexibility index (Phi) is 4.54. The highest BCUT2D eigenvalue weighted by Gasteiger charge is 2.36. The molecule has 0 amide bonds. The summed E-state index contributed by atoms with van der Waals surface area (Å²) < 4.78 is 76.3. The zero-order valence-corrected chi connectivity index (χ0v) is 11.2. The molecule has 0 spiro atoms. The molecule has 0 aliphatic rings. The van der Waals surface area contributed by atoms with Gasteiger partial charge in [-0.3, -0.25) is 0 Å². The standard InChI is InChI=1S/C15H10BF6/c17-14(18,19)11-6-12(15(20,21)22)8-13(7-11)16-9-10-4-2-1-3-5-10/h1-8H,9H2. The second-order valence-electron chi connectivity index (χ2n) is 4.73. The van der Waals surface area contributed by atoms with E-state index in [0.29, 0.717) is 0 Å². The Morgan fingerprint density at radius 2 is 1.23 bits per heavy atom. The predicted molar refractivity (Wildman–Crippen MR) is 72.0 cm³/mol. The second-order valence-corrected chi connectivity index (χ2v) is 4.73. The van der Waals surface area contributed by atoms with Gasteiger partial charge in [0, 0.05) is 0 Å². The van der Waals surface area contributed by atoms with E-state index in [1.54, 1.807) is 30.3 Å². The largest absolute Gasteiger partial charge is 0.416 e. The summed E-state index contributed by atoms with van der Waals surface area (Å²) >= 11 is 0. The zero-order valence-electron chi connectivity index (χ0n) is 11.2. The van der Waals surface area contributed by atoms with Gasteiger partial charge in [0.25, 0.3) is 0 Å². The molecule has 0 aliphatic carbocycles. The molecule has 0 unspecified atom stereocenters. The van der Waals surface area contributed by atoms with Crippen LogP contribution in [-0.2, 0) is 18.7 Å². The lowest BCUT2D eigenvalue weighted by Gasteiger charge is -2.14. The highest BCUT2D eigenvalue weighted by molar-refractivity contribution is 6.53. The smallest absolute Gasteiger partial charge is 0.166 e. The fourth-order valence-electron chi connectivity index (χ4n) is 1.95. The Bertz CT molecular complexity index is 598. The number of alkyl halides is 6. The van der Waals surface area contributed by atoms with Gasteiger partial charge in [-0.25, -0.2) is 0 Å². The third-order valence-electron chi connectivity index (χ3n) is 3.03. The van der Waals surface area contributed by atoms with Crippen LogP contribution in [0.15, 0.2) is 48.5 Å². The highest BCUT2D eigenvalue weighted by Crippen LogP contribution is 2.34. The van der Waals surface area contributed by atoms with Gasteiger partial charge in [0.1, 0.15) is 0 Å². The maximum Gasteiger partial charge on any atom is 0.416 e.